The number of halogens is 1. The predicted octanol–water partition coefficient (Wildman–Crippen LogP) is 2.93. The summed E-state index contributed by atoms with van der Waals surface area (Å²) in [5, 5.41) is 0. The highest BCUT2D eigenvalue weighted by molar-refractivity contribution is 8.01. The molecule has 0 saturated carbocycles. The molecule has 1 heterocycles. The lowest BCUT2D eigenvalue weighted by Gasteiger charge is -2.01. The lowest BCUT2D eigenvalue weighted by Crippen LogP contribution is -1.79. The van der Waals surface area contributed by atoms with E-state index in [4.69, 9.17) is 0 Å². The highest BCUT2D eigenvalue weighted by Crippen LogP contribution is 2.34. The first-order chi connectivity index (χ1) is 5.38. The Kier molecular flexibility index (Phi) is 1.75. The molecule has 0 bridgehead atoms. The van der Waals surface area contributed by atoms with Gasteiger partial charge in [0.2, 0.25) is 0 Å². The maximum Gasteiger partial charge on any atom is 0.151 e. The third-order valence-electron chi connectivity index (χ3n) is 1.25. The highest BCUT2D eigenvalue weighted by atomic mass is 32.2. The molecule has 56 valence electrons. The van der Waals surface area contributed by atoms with Crippen LogP contribution in [0.4, 0.5) is 10.1 Å². The van der Waals surface area contributed by atoms with E-state index in [2.05, 4.69) is 8.13 Å². The fourth-order valence-corrected chi connectivity index (χ4v) is 2.05. The molecule has 0 spiro atoms. The van der Waals surface area contributed by atoms with Gasteiger partial charge in [-0.3, -0.25) is 0 Å². The predicted molar refractivity (Wildman–Crippen MR) is 44.1 cm³/mol. The molecule has 0 N–H and O–H groups in total. The van der Waals surface area contributed by atoms with Crippen molar-refractivity contribution in [3.8, 4) is 0 Å². The normalized spacial score (nSPS) is 13.9. The van der Waals surface area contributed by atoms with E-state index >= 15 is 0 Å². The second-order valence-corrected chi connectivity index (χ2v) is 3.49. The Morgan fingerprint density at radius 1 is 1.36 bits per heavy atom. The van der Waals surface area contributed by atoms with Gasteiger partial charge in [0.25, 0.3) is 0 Å². The van der Waals surface area contributed by atoms with E-state index in [-0.39, 0.29) is 5.82 Å². The summed E-state index contributed by atoms with van der Waals surface area (Å²) in [5.74, 6) is -0.280. The summed E-state index contributed by atoms with van der Waals surface area (Å²) < 4.78 is 20.6. The van der Waals surface area contributed by atoms with Crippen molar-refractivity contribution in [2.24, 2.45) is 8.13 Å². The number of rotatable bonds is 0. The van der Waals surface area contributed by atoms with Gasteiger partial charge in [-0.2, -0.15) is 4.36 Å². The van der Waals surface area contributed by atoms with Crippen molar-refractivity contribution in [3.63, 3.8) is 0 Å². The van der Waals surface area contributed by atoms with E-state index in [0.717, 1.165) is 16.3 Å². The van der Waals surface area contributed by atoms with Gasteiger partial charge in [0.05, 0.1) is 16.3 Å². The zero-order chi connectivity index (χ0) is 7.68. The summed E-state index contributed by atoms with van der Waals surface area (Å²) >= 11 is 2.28. The third-order valence-corrected chi connectivity index (χ3v) is 2.61. The zero-order valence-electron chi connectivity index (χ0n) is 5.32. The van der Waals surface area contributed by atoms with Gasteiger partial charge in [-0.05, 0) is 12.1 Å². The van der Waals surface area contributed by atoms with E-state index in [1.54, 1.807) is 12.1 Å². The molecule has 1 aromatic carbocycles. The monoisotopic (exact) mass is 186 g/mol. The minimum absolute atomic E-state index is 0.280. The largest absolute Gasteiger partial charge is 0.205 e. The Hall–Kier alpha value is -0.680. The van der Waals surface area contributed by atoms with Gasteiger partial charge in [-0.15, -0.1) is 3.77 Å². The molecule has 0 aliphatic carbocycles. The minimum atomic E-state index is -0.280. The summed E-state index contributed by atoms with van der Waals surface area (Å²) in [4.78, 5) is 0.781. The van der Waals surface area contributed by atoms with E-state index in [9.17, 15) is 4.39 Å². The summed E-state index contributed by atoms with van der Waals surface area (Å²) in [6.45, 7) is 0. The molecule has 2 nitrogen and oxygen atoms in total. The number of benzene rings is 1. The number of hydrogen-bond donors (Lipinski definition) is 0. The lowest BCUT2D eigenvalue weighted by molar-refractivity contribution is 0.627. The van der Waals surface area contributed by atoms with Crippen LogP contribution in [-0.4, -0.2) is 0 Å². The zero-order valence-corrected chi connectivity index (χ0v) is 6.95. The molecule has 0 atom stereocenters. The first kappa shape index (κ1) is 7.00. The van der Waals surface area contributed by atoms with Gasteiger partial charge in [-0.1, -0.05) is 6.07 Å². The average Bonchev–Trinajstić information content (AvgIpc) is 2.06. The molecular weight excluding hydrogens is 183 g/mol. The van der Waals surface area contributed by atoms with Crippen LogP contribution in [0.25, 0.3) is 0 Å². The quantitative estimate of drug-likeness (QED) is 0.572. The maximum atomic E-state index is 12.9. The van der Waals surface area contributed by atoms with Gasteiger partial charge in [-0.25, -0.2) is 4.39 Å². The van der Waals surface area contributed by atoms with Crippen molar-refractivity contribution in [2.45, 2.75) is 4.90 Å². The molecule has 0 unspecified atom stereocenters. The van der Waals surface area contributed by atoms with Crippen LogP contribution in [0.2, 0.25) is 0 Å². The molecule has 1 aliphatic heterocycles. The Bertz CT molecular complexity index is 358. The molecule has 0 aromatic heterocycles. The topological polar surface area (TPSA) is 24.7 Å². The van der Waals surface area contributed by atoms with Gasteiger partial charge in [0, 0.05) is 11.9 Å². The summed E-state index contributed by atoms with van der Waals surface area (Å²) in [6.07, 6.45) is 0. The second kappa shape index (κ2) is 2.75. The van der Waals surface area contributed by atoms with E-state index in [0.29, 0.717) is 5.69 Å². The Morgan fingerprint density at radius 2 is 2.27 bits per heavy atom. The van der Waals surface area contributed by atoms with Gasteiger partial charge < -0.3 is 0 Å². The smallest absolute Gasteiger partial charge is 0.151 e. The molecule has 2 rings (SSSR count). The fourth-order valence-electron chi connectivity index (χ4n) is 0.772. The van der Waals surface area contributed by atoms with Gasteiger partial charge >= 0.3 is 0 Å². The third kappa shape index (κ3) is 1.21. The van der Waals surface area contributed by atoms with Crippen molar-refractivity contribution < 1.29 is 4.39 Å². The van der Waals surface area contributed by atoms with Crippen molar-refractivity contribution in [3.05, 3.63) is 24.0 Å². The van der Waals surface area contributed by atoms with Crippen LogP contribution in [-0.2, 0) is 11.4 Å². The van der Waals surface area contributed by atoms with Gasteiger partial charge in [0.15, 0.2) is 5.82 Å². The Morgan fingerprint density at radius 3 is 3.09 bits per heavy atom. The minimum Gasteiger partial charge on any atom is -0.205 e. The van der Waals surface area contributed by atoms with E-state index < -0.39 is 0 Å². The SMILES string of the molecule is Fc1cccc2c1N=S=NS2. The second-order valence-electron chi connectivity index (χ2n) is 1.93. The number of nitrogens with zero attached hydrogens (tertiary/aromatic N) is 2. The molecule has 0 amide bonds. The molecule has 5 heteroatoms. The van der Waals surface area contributed by atoms with Crippen molar-refractivity contribution in [1.29, 1.82) is 0 Å². The highest BCUT2D eigenvalue weighted by Gasteiger charge is 2.09. The van der Waals surface area contributed by atoms with Crippen LogP contribution in [0.5, 0.6) is 0 Å². The maximum absolute atomic E-state index is 12.9. The molecule has 0 saturated heterocycles. The molecule has 1 aromatic rings. The van der Waals surface area contributed by atoms with Crippen LogP contribution >= 0.6 is 11.9 Å². The van der Waals surface area contributed by atoms with Crippen LogP contribution in [0, 0.1) is 5.82 Å². The van der Waals surface area contributed by atoms with Crippen molar-refractivity contribution in [1.82, 2.24) is 0 Å². The molecule has 11 heavy (non-hydrogen) atoms. The van der Waals surface area contributed by atoms with E-state index in [1.807, 2.05) is 0 Å². The Balaban J connectivity index is 2.69. The number of fused-ring (bicyclic) bond motifs is 1. The first-order valence-corrected chi connectivity index (χ1v) is 4.41. The molecule has 0 radical (unpaired) electrons. The summed E-state index contributed by atoms with van der Waals surface area (Å²) in [5.41, 5.74) is 0.414. The van der Waals surface area contributed by atoms with Crippen LogP contribution < -0.4 is 0 Å². The van der Waals surface area contributed by atoms with Crippen LogP contribution in [0.1, 0.15) is 0 Å². The summed E-state index contributed by atoms with van der Waals surface area (Å²) in [6, 6.07) is 4.85. The number of hydrogen-bond acceptors (Lipinski definition) is 3. The van der Waals surface area contributed by atoms with Crippen LogP contribution in [0.3, 0.4) is 0 Å². The first-order valence-electron chi connectivity index (χ1n) is 2.91. The fraction of sp³-hybridized carbons (Fsp3) is 0. The molecule has 0 fully saturated rings. The van der Waals surface area contributed by atoms with Crippen LogP contribution in [0.15, 0.2) is 31.2 Å². The van der Waals surface area contributed by atoms with Crippen molar-refractivity contribution in [2.75, 3.05) is 0 Å². The van der Waals surface area contributed by atoms with Gasteiger partial charge in [0.1, 0.15) is 5.69 Å². The molecule has 1 aliphatic rings. The lowest BCUT2D eigenvalue weighted by atomic mass is 10.3. The summed E-state index contributed by atoms with van der Waals surface area (Å²) in [7, 11) is 0. The standard InChI is InChI=1S/C6H3FN2S2/c7-4-2-1-3-5-6(4)8-11-9-10-5/h1-3H. The molecular formula is C6H3FN2S2. The van der Waals surface area contributed by atoms with Crippen molar-refractivity contribution >= 4 is 29.0 Å². The van der Waals surface area contributed by atoms with E-state index in [1.165, 1.54) is 18.0 Å². The average molecular weight is 186 g/mol. The Labute approximate surface area is 70.8 Å².